The van der Waals surface area contributed by atoms with Gasteiger partial charge in [0.05, 0.1) is 28.8 Å². The lowest BCUT2D eigenvalue weighted by molar-refractivity contribution is -0.276. The molecule has 1 N–H and O–H groups in total. The Balaban J connectivity index is 1.62. The summed E-state index contributed by atoms with van der Waals surface area (Å²) < 4.78 is 97.3. The third-order valence-electron chi connectivity index (χ3n) is 6.73. The van der Waals surface area contributed by atoms with Crippen molar-refractivity contribution in [3.05, 3.63) is 69.0 Å². The normalized spacial score (nSPS) is 23.5. The summed E-state index contributed by atoms with van der Waals surface area (Å²) in [6.07, 6.45) is -9.77. The number of oxime groups is 1. The zero-order valence-electron chi connectivity index (χ0n) is 19.6. The molecule has 4 rings (SSSR count). The van der Waals surface area contributed by atoms with Gasteiger partial charge in [0.2, 0.25) is 0 Å². The second kappa shape index (κ2) is 9.76. The van der Waals surface area contributed by atoms with Crippen LogP contribution >= 0.6 is 11.6 Å². The summed E-state index contributed by atoms with van der Waals surface area (Å²) in [5.41, 5.74) is -6.15. The highest BCUT2D eigenvalue weighted by molar-refractivity contribution is 6.30. The number of aryl methyl sites for hydroxylation is 1. The molecule has 2 aliphatic rings. The molecule has 1 aliphatic carbocycles. The number of nitrogens with one attached hydrogen (secondary N) is 1. The van der Waals surface area contributed by atoms with Crippen molar-refractivity contribution < 1.29 is 40.4 Å². The molecule has 38 heavy (non-hydrogen) atoms. The molecule has 0 bridgehead atoms. The van der Waals surface area contributed by atoms with Crippen LogP contribution in [-0.2, 0) is 16.6 Å². The van der Waals surface area contributed by atoms with Gasteiger partial charge >= 0.3 is 12.4 Å². The molecule has 2 aromatic carbocycles. The number of carbonyl (C=O) groups is 1. The first-order chi connectivity index (χ1) is 17.7. The van der Waals surface area contributed by atoms with Crippen molar-refractivity contribution >= 4 is 23.2 Å². The topological polar surface area (TPSA) is 74.5 Å². The zero-order chi connectivity index (χ0) is 28.0. The van der Waals surface area contributed by atoms with Crippen LogP contribution in [-0.4, -0.2) is 23.8 Å². The highest BCUT2D eigenvalue weighted by Crippen LogP contribution is 2.51. The van der Waals surface area contributed by atoms with Gasteiger partial charge in [0.25, 0.3) is 11.5 Å². The zero-order valence-corrected chi connectivity index (χ0v) is 20.4. The molecule has 0 spiro atoms. The Morgan fingerprint density at radius 3 is 2.47 bits per heavy atom. The monoisotopic (exact) mass is 561 g/mol. The SMILES string of the molecule is Cc1cc(C2=NO[C@@](c3cc(C(F)(F)F)cc(Cl)c3F)(C(F)(F)F)C2)ccc1C(=O)N[C@H]1CC[C@@H](C#N)C1. The van der Waals surface area contributed by atoms with Gasteiger partial charge in [0, 0.05) is 23.1 Å². The van der Waals surface area contributed by atoms with Crippen molar-refractivity contribution in [3.8, 4) is 6.07 Å². The van der Waals surface area contributed by atoms with Crippen LogP contribution in [0.5, 0.6) is 0 Å². The third kappa shape index (κ3) is 5.04. The first-order valence-electron chi connectivity index (χ1n) is 11.4. The fraction of sp³-hybridized carbons (Fsp3) is 0.400. The molecule has 0 unspecified atom stereocenters. The molecule has 0 aromatic heterocycles. The molecule has 3 atom stereocenters. The molecule has 1 saturated carbocycles. The summed E-state index contributed by atoms with van der Waals surface area (Å²) in [6, 6.07) is 6.26. The lowest BCUT2D eigenvalue weighted by atomic mass is 9.85. The van der Waals surface area contributed by atoms with Gasteiger partial charge in [-0.2, -0.15) is 31.6 Å². The molecule has 1 fully saturated rings. The van der Waals surface area contributed by atoms with Gasteiger partial charge in [-0.1, -0.05) is 22.8 Å². The number of carbonyl (C=O) groups excluding carboxylic acids is 1. The van der Waals surface area contributed by atoms with E-state index in [0.29, 0.717) is 24.8 Å². The van der Waals surface area contributed by atoms with Crippen LogP contribution in [0, 0.1) is 30.0 Å². The van der Waals surface area contributed by atoms with Crippen LogP contribution in [0.15, 0.2) is 35.5 Å². The Morgan fingerprint density at radius 1 is 1.18 bits per heavy atom. The van der Waals surface area contributed by atoms with Crippen LogP contribution in [0.4, 0.5) is 30.7 Å². The maximum absolute atomic E-state index is 14.8. The molecule has 0 radical (unpaired) electrons. The Labute approximate surface area is 217 Å². The van der Waals surface area contributed by atoms with Gasteiger partial charge in [0.15, 0.2) is 0 Å². The maximum atomic E-state index is 14.8. The van der Waals surface area contributed by atoms with Crippen LogP contribution in [0.2, 0.25) is 5.02 Å². The number of rotatable bonds is 4. The van der Waals surface area contributed by atoms with E-state index in [0.717, 1.165) is 0 Å². The molecule has 1 heterocycles. The fourth-order valence-electron chi connectivity index (χ4n) is 4.67. The van der Waals surface area contributed by atoms with E-state index < -0.39 is 52.2 Å². The van der Waals surface area contributed by atoms with Crippen LogP contribution in [0.25, 0.3) is 0 Å². The Bertz CT molecular complexity index is 1350. The number of halogens is 8. The molecule has 0 saturated heterocycles. The minimum atomic E-state index is -5.37. The van der Waals surface area contributed by atoms with Gasteiger partial charge in [-0.25, -0.2) is 4.39 Å². The number of alkyl halides is 6. The third-order valence-corrected chi connectivity index (χ3v) is 7.01. The predicted octanol–water partition coefficient (Wildman–Crippen LogP) is 6.81. The minimum Gasteiger partial charge on any atom is -0.374 e. The smallest absolute Gasteiger partial charge is 0.374 e. The lowest BCUT2D eigenvalue weighted by Gasteiger charge is -2.30. The number of benzene rings is 2. The average molecular weight is 562 g/mol. The van der Waals surface area contributed by atoms with Crippen LogP contribution in [0.3, 0.4) is 0 Å². The van der Waals surface area contributed by atoms with Crippen LogP contribution < -0.4 is 5.32 Å². The van der Waals surface area contributed by atoms with Gasteiger partial charge < -0.3 is 10.2 Å². The highest BCUT2D eigenvalue weighted by atomic mass is 35.5. The first-order valence-corrected chi connectivity index (χ1v) is 11.7. The van der Waals surface area contributed by atoms with Crippen molar-refractivity contribution in [3.63, 3.8) is 0 Å². The number of hydrogen-bond donors (Lipinski definition) is 1. The maximum Gasteiger partial charge on any atom is 0.435 e. The second-order valence-electron chi connectivity index (χ2n) is 9.29. The quantitative estimate of drug-likeness (QED) is 0.417. The van der Waals surface area contributed by atoms with E-state index in [1.54, 1.807) is 6.92 Å². The van der Waals surface area contributed by atoms with E-state index in [-0.39, 0.29) is 40.9 Å². The number of nitrogens with zero attached hydrogens (tertiary/aromatic N) is 2. The minimum absolute atomic E-state index is 0.0196. The predicted molar refractivity (Wildman–Crippen MR) is 122 cm³/mol. The Morgan fingerprint density at radius 2 is 1.89 bits per heavy atom. The number of nitriles is 1. The van der Waals surface area contributed by atoms with Crippen molar-refractivity contribution in [2.24, 2.45) is 11.1 Å². The van der Waals surface area contributed by atoms with Gasteiger partial charge in [-0.15, -0.1) is 0 Å². The van der Waals surface area contributed by atoms with Crippen LogP contribution in [0.1, 0.15) is 58.3 Å². The summed E-state index contributed by atoms with van der Waals surface area (Å²) >= 11 is 5.52. The molecule has 5 nitrogen and oxygen atoms in total. The van der Waals surface area contributed by atoms with E-state index in [1.165, 1.54) is 18.2 Å². The van der Waals surface area contributed by atoms with E-state index >= 15 is 0 Å². The Kier molecular flexibility index (Phi) is 7.12. The van der Waals surface area contributed by atoms with E-state index in [9.17, 15) is 35.5 Å². The average Bonchev–Trinajstić information content (AvgIpc) is 3.47. The highest BCUT2D eigenvalue weighted by Gasteiger charge is 2.64. The number of amides is 1. The summed E-state index contributed by atoms with van der Waals surface area (Å²) in [6.45, 7) is 1.55. The van der Waals surface area contributed by atoms with Crippen molar-refractivity contribution in [1.82, 2.24) is 5.32 Å². The second-order valence-corrected chi connectivity index (χ2v) is 9.69. The fourth-order valence-corrected chi connectivity index (χ4v) is 4.89. The molecular formula is C25H19ClF7N3O2. The molecule has 13 heteroatoms. The van der Waals surface area contributed by atoms with Gasteiger partial charge in [0.1, 0.15) is 5.82 Å². The number of hydrogen-bond acceptors (Lipinski definition) is 4. The van der Waals surface area contributed by atoms with Crippen molar-refractivity contribution in [2.75, 3.05) is 0 Å². The van der Waals surface area contributed by atoms with E-state index in [2.05, 4.69) is 21.4 Å². The summed E-state index contributed by atoms with van der Waals surface area (Å²) in [5.74, 6) is -2.27. The Hall–Kier alpha value is -3.33. The molecule has 202 valence electrons. The van der Waals surface area contributed by atoms with Gasteiger partial charge in [-0.05, 0) is 61.6 Å². The van der Waals surface area contributed by atoms with Gasteiger partial charge in [-0.3, -0.25) is 4.79 Å². The summed E-state index contributed by atoms with van der Waals surface area (Å²) in [7, 11) is 0. The molecule has 2 aromatic rings. The largest absolute Gasteiger partial charge is 0.435 e. The molecule has 1 amide bonds. The lowest BCUT2D eigenvalue weighted by Crippen LogP contribution is -2.43. The molecular weight excluding hydrogens is 543 g/mol. The van der Waals surface area contributed by atoms with Crippen molar-refractivity contribution in [1.29, 1.82) is 5.26 Å². The molecule has 1 aliphatic heterocycles. The summed E-state index contributed by atoms with van der Waals surface area (Å²) in [4.78, 5) is 17.4. The standard InChI is InChI=1S/C25H19ClF7N3O2/c1-12-6-14(3-5-17(12)22(37)35-16-4-2-13(7-16)11-34)20-10-23(38-36-20,25(31,32)33)18-8-15(24(28,29)30)9-19(26)21(18)27/h3,5-6,8-9,13,16H,2,4,7,10H2,1H3,(H,35,37)/t13-,16+,23+/m1/s1. The van der Waals surface area contributed by atoms with E-state index in [4.69, 9.17) is 16.9 Å². The van der Waals surface area contributed by atoms with Crippen molar-refractivity contribution in [2.45, 2.75) is 56.6 Å². The first kappa shape index (κ1) is 27.7. The van der Waals surface area contributed by atoms with E-state index in [1.807, 2.05) is 0 Å². The summed E-state index contributed by atoms with van der Waals surface area (Å²) in [5, 5.41) is 14.2.